The Labute approximate surface area is 192 Å². The van der Waals surface area contributed by atoms with E-state index in [9.17, 15) is 22.4 Å². The lowest BCUT2D eigenvalue weighted by atomic mass is 9.85. The van der Waals surface area contributed by atoms with Crippen LogP contribution in [0.5, 0.6) is 0 Å². The van der Waals surface area contributed by atoms with E-state index in [1.807, 2.05) is 6.92 Å². The number of aromatic amines is 1. The number of carbonyl (C=O) groups excluding carboxylic acids is 1. The van der Waals surface area contributed by atoms with Gasteiger partial charge in [0.15, 0.2) is 0 Å². The van der Waals surface area contributed by atoms with Crippen molar-refractivity contribution in [1.82, 2.24) is 20.5 Å². The second-order valence-corrected chi connectivity index (χ2v) is 7.89. The zero-order valence-corrected chi connectivity index (χ0v) is 18.0. The second kappa shape index (κ2) is 9.16. The van der Waals surface area contributed by atoms with E-state index < -0.39 is 30.0 Å². The minimum Gasteiger partial charge on any atom is -0.348 e. The third-order valence-electron chi connectivity index (χ3n) is 5.61. The summed E-state index contributed by atoms with van der Waals surface area (Å²) in [6.45, 7) is 1.41. The van der Waals surface area contributed by atoms with E-state index in [-0.39, 0.29) is 17.7 Å². The third-order valence-corrected chi connectivity index (χ3v) is 5.61. The maximum atomic E-state index is 14.2. The number of nitrogens with one attached hydrogen (secondary N) is 2. The van der Waals surface area contributed by atoms with E-state index >= 15 is 0 Å². The summed E-state index contributed by atoms with van der Waals surface area (Å²) in [4.78, 5) is 16.5. The molecule has 1 atom stereocenters. The van der Waals surface area contributed by atoms with Gasteiger partial charge in [-0.15, -0.1) is 0 Å². The Morgan fingerprint density at radius 2 is 1.82 bits per heavy atom. The van der Waals surface area contributed by atoms with Gasteiger partial charge in [0.1, 0.15) is 5.82 Å². The van der Waals surface area contributed by atoms with Crippen molar-refractivity contribution in [1.29, 1.82) is 0 Å². The van der Waals surface area contributed by atoms with Crippen LogP contribution in [0, 0.1) is 12.7 Å². The topological polar surface area (TPSA) is 95.4 Å². The van der Waals surface area contributed by atoms with Crippen molar-refractivity contribution in [2.24, 2.45) is 10.2 Å². The van der Waals surface area contributed by atoms with E-state index in [0.717, 1.165) is 29.1 Å². The largest absolute Gasteiger partial charge is 0.428 e. The number of hydrogen-bond donors (Lipinski definition) is 2. The van der Waals surface area contributed by atoms with Crippen LogP contribution in [0.1, 0.15) is 28.1 Å². The quantitative estimate of drug-likeness (QED) is 0.501. The summed E-state index contributed by atoms with van der Waals surface area (Å²) in [6.07, 6.45) is -0.699. The number of nitrogens with zero attached hydrogens (tertiary/aromatic N) is 4. The summed E-state index contributed by atoms with van der Waals surface area (Å²) < 4.78 is 56.3. The van der Waals surface area contributed by atoms with E-state index in [1.54, 1.807) is 30.5 Å². The maximum absolute atomic E-state index is 14.2. The van der Waals surface area contributed by atoms with E-state index in [2.05, 4.69) is 30.7 Å². The molecule has 1 aliphatic rings. The maximum Gasteiger partial charge on any atom is 0.428 e. The van der Waals surface area contributed by atoms with Crippen LogP contribution < -0.4 is 5.32 Å². The third kappa shape index (κ3) is 4.45. The van der Waals surface area contributed by atoms with Crippen molar-refractivity contribution in [2.45, 2.75) is 38.0 Å². The number of aromatic nitrogens is 3. The van der Waals surface area contributed by atoms with Crippen LogP contribution >= 0.6 is 0 Å². The number of rotatable bonds is 7. The highest BCUT2D eigenvalue weighted by Crippen LogP contribution is 2.44. The van der Waals surface area contributed by atoms with Crippen molar-refractivity contribution in [3.05, 3.63) is 94.5 Å². The number of amides is 1. The van der Waals surface area contributed by atoms with Gasteiger partial charge in [-0.05, 0) is 42.2 Å². The number of H-pyrrole nitrogens is 1. The summed E-state index contributed by atoms with van der Waals surface area (Å²) in [5.41, 5.74) is -0.239. The van der Waals surface area contributed by atoms with Crippen LogP contribution in [0.25, 0.3) is 0 Å². The fraction of sp³-hybridized carbons (Fsp3) is 0.261. The molecule has 1 aliphatic heterocycles. The van der Waals surface area contributed by atoms with Crippen molar-refractivity contribution in [3.8, 4) is 0 Å². The first-order valence-electron chi connectivity index (χ1n) is 10.3. The summed E-state index contributed by atoms with van der Waals surface area (Å²) in [7, 11) is 0. The van der Waals surface area contributed by atoms with Crippen LogP contribution in [0.2, 0.25) is 0 Å². The summed E-state index contributed by atoms with van der Waals surface area (Å²) in [6, 6.07) is 9.44. The van der Waals surface area contributed by atoms with Gasteiger partial charge in [-0.3, -0.25) is 14.9 Å². The molecule has 4 rings (SSSR count). The Kier molecular flexibility index (Phi) is 6.27. The van der Waals surface area contributed by atoms with Crippen LogP contribution in [0.15, 0.2) is 70.8 Å². The molecule has 1 aromatic carbocycles. The Balaban J connectivity index is 1.52. The number of pyridine rings is 1. The van der Waals surface area contributed by atoms with Crippen molar-refractivity contribution in [2.75, 3.05) is 0 Å². The predicted octanol–water partition coefficient (Wildman–Crippen LogP) is 4.35. The predicted molar refractivity (Wildman–Crippen MR) is 114 cm³/mol. The van der Waals surface area contributed by atoms with E-state index in [0.29, 0.717) is 12.0 Å². The fourth-order valence-corrected chi connectivity index (χ4v) is 3.67. The SMILES string of the molecule is Cc1cn[nH]c1Cc1ccc(CC2=CN=NC2(C(=O)NCc2ncccc2F)C(F)(F)F)cc1. The molecule has 3 aromatic rings. The monoisotopic (exact) mass is 472 g/mol. The molecule has 11 heteroatoms. The molecule has 0 radical (unpaired) electrons. The molecule has 3 heterocycles. The normalized spacial score (nSPS) is 17.6. The number of hydrogen-bond acceptors (Lipinski definition) is 5. The van der Waals surface area contributed by atoms with E-state index in [4.69, 9.17) is 0 Å². The Bertz CT molecular complexity index is 1250. The van der Waals surface area contributed by atoms with Crippen LogP contribution in [0.3, 0.4) is 0 Å². The first-order chi connectivity index (χ1) is 16.2. The van der Waals surface area contributed by atoms with Crippen LogP contribution in [-0.2, 0) is 24.2 Å². The molecule has 2 N–H and O–H groups in total. The summed E-state index contributed by atoms with van der Waals surface area (Å²) in [5, 5.41) is 15.7. The van der Waals surface area contributed by atoms with Gasteiger partial charge in [0, 0.05) is 23.9 Å². The highest BCUT2D eigenvalue weighted by atomic mass is 19.4. The van der Waals surface area contributed by atoms with Crippen LogP contribution in [0.4, 0.5) is 17.6 Å². The van der Waals surface area contributed by atoms with Crippen LogP contribution in [-0.4, -0.2) is 32.8 Å². The number of benzene rings is 1. The lowest BCUT2D eigenvalue weighted by molar-refractivity contribution is -0.182. The molecule has 2 aromatic heterocycles. The zero-order chi connectivity index (χ0) is 24.3. The number of azo groups is 1. The number of aryl methyl sites for hydroxylation is 1. The average molecular weight is 472 g/mol. The summed E-state index contributed by atoms with van der Waals surface area (Å²) >= 11 is 0. The molecule has 34 heavy (non-hydrogen) atoms. The van der Waals surface area contributed by atoms with Gasteiger partial charge in [0.05, 0.1) is 24.6 Å². The minimum absolute atomic E-state index is 0.184. The molecule has 0 fully saturated rings. The zero-order valence-electron chi connectivity index (χ0n) is 18.0. The molecule has 0 saturated carbocycles. The molecule has 0 aliphatic carbocycles. The molecule has 0 saturated heterocycles. The molecule has 0 spiro atoms. The Morgan fingerprint density at radius 1 is 1.12 bits per heavy atom. The first-order valence-corrected chi connectivity index (χ1v) is 10.3. The molecule has 7 nitrogen and oxygen atoms in total. The van der Waals surface area contributed by atoms with Crippen molar-refractivity contribution < 1.29 is 22.4 Å². The fourth-order valence-electron chi connectivity index (χ4n) is 3.67. The number of alkyl halides is 3. The molecule has 1 unspecified atom stereocenters. The lowest BCUT2D eigenvalue weighted by Gasteiger charge is -2.29. The van der Waals surface area contributed by atoms with Gasteiger partial charge < -0.3 is 5.32 Å². The standard InChI is InChI=1S/C23H20F4N6O/c1-14-11-30-32-19(14)10-16-6-4-15(5-7-16)9-17-12-31-33-22(17,23(25,26)27)21(34)29-13-20-18(24)3-2-8-28-20/h2-8,11-12H,9-10,13H2,1H3,(H,29,34)(H,30,32). The van der Waals surface area contributed by atoms with Gasteiger partial charge in [0.2, 0.25) is 0 Å². The Morgan fingerprint density at radius 3 is 2.44 bits per heavy atom. The van der Waals surface area contributed by atoms with Gasteiger partial charge in [-0.1, -0.05) is 24.3 Å². The molecule has 0 bridgehead atoms. The van der Waals surface area contributed by atoms with Gasteiger partial charge in [0.25, 0.3) is 11.4 Å². The number of halogens is 4. The Hall–Kier alpha value is -3.89. The van der Waals surface area contributed by atoms with E-state index in [1.165, 1.54) is 12.3 Å². The second-order valence-electron chi connectivity index (χ2n) is 7.89. The molecular weight excluding hydrogens is 452 g/mol. The van der Waals surface area contributed by atoms with Crippen molar-refractivity contribution >= 4 is 5.91 Å². The highest BCUT2D eigenvalue weighted by Gasteiger charge is 2.65. The molecular formula is C23H20F4N6O. The van der Waals surface area contributed by atoms with Gasteiger partial charge >= 0.3 is 6.18 Å². The average Bonchev–Trinajstić information content (AvgIpc) is 3.41. The molecule has 1 amide bonds. The smallest absolute Gasteiger partial charge is 0.348 e. The van der Waals surface area contributed by atoms with Gasteiger partial charge in [-0.2, -0.15) is 28.5 Å². The van der Waals surface area contributed by atoms with Gasteiger partial charge in [-0.25, -0.2) is 4.39 Å². The first kappa shape index (κ1) is 23.3. The summed E-state index contributed by atoms with van der Waals surface area (Å²) in [5.74, 6) is -2.18. The highest BCUT2D eigenvalue weighted by molar-refractivity contribution is 5.91. The van der Waals surface area contributed by atoms with Crippen molar-refractivity contribution in [3.63, 3.8) is 0 Å². The number of carbonyl (C=O) groups is 1. The molecule has 176 valence electrons. The lowest BCUT2D eigenvalue weighted by Crippen LogP contribution is -2.56. The minimum atomic E-state index is -5.05.